The lowest BCUT2D eigenvalue weighted by atomic mass is 10.1. The fourth-order valence-corrected chi connectivity index (χ4v) is 2.94. The maximum Gasteiger partial charge on any atom is 0.339 e. The molecule has 5 nitrogen and oxygen atoms in total. The number of amides is 1. The molecule has 23 heavy (non-hydrogen) atoms. The van der Waals surface area contributed by atoms with Gasteiger partial charge in [-0.2, -0.15) is 0 Å². The zero-order valence-electron chi connectivity index (χ0n) is 12.5. The van der Waals surface area contributed by atoms with Crippen molar-refractivity contribution in [1.29, 1.82) is 0 Å². The number of benzene rings is 1. The van der Waals surface area contributed by atoms with Crippen LogP contribution in [0.5, 0.6) is 0 Å². The van der Waals surface area contributed by atoms with Crippen molar-refractivity contribution in [2.45, 2.75) is 25.8 Å². The lowest BCUT2D eigenvalue weighted by molar-refractivity contribution is -0.122. The van der Waals surface area contributed by atoms with Crippen LogP contribution in [-0.4, -0.2) is 17.0 Å². The summed E-state index contributed by atoms with van der Waals surface area (Å²) in [5.74, 6) is -0.184. The first-order valence-corrected chi connectivity index (χ1v) is 7.69. The molecular formula is C17H16ClNO4. The summed E-state index contributed by atoms with van der Waals surface area (Å²) in [6.45, 7) is 1.77. The molecule has 2 atom stereocenters. The number of carbonyl (C=O) groups excluding carboxylic acids is 1. The first kappa shape index (κ1) is 15.6. The number of hydrogen-bond acceptors (Lipinski definition) is 3. The molecule has 0 bridgehead atoms. The number of carboxylic acids is 1. The Labute approximate surface area is 138 Å². The third kappa shape index (κ3) is 3.40. The zero-order valence-corrected chi connectivity index (χ0v) is 13.3. The molecule has 1 aliphatic rings. The lowest BCUT2D eigenvalue weighted by Crippen LogP contribution is -2.24. The van der Waals surface area contributed by atoms with Crippen LogP contribution in [0, 0.1) is 12.8 Å². The number of aryl methyl sites for hydroxylation is 1. The van der Waals surface area contributed by atoms with E-state index in [1.165, 1.54) is 6.07 Å². The van der Waals surface area contributed by atoms with Crippen LogP contribution in [0.4, 0.5) is 0 Å². The average molecular weight is 334 g/mol. The van der Waals surface area contributed by atoms with Crippen molar-refractivity contribution in [3.63, 3.8) is 0 Å². The lowest BCUT2D eigenvalue weighted by Gasteiger charge is -2.03. The van der Waals surface area contributed by atoms with Crippen molar-refractivity contribution in [2.75, 3.05) is 0 Å². The predicted molar refractivity (Wildman–Crippen MR) is 84.6 cm³/mol. The predicted octanol–water partition coefficient (Wildman–Crippen LogP) is 3.36. The van der Waals surface area contributed by atoms with Gasteiger partial charge in [0.05, 0.1) is 6.54 Å². The summed E-state index contributed by atoms with van der Waals surface area (Å²) < 4.78 is 5.34. The van der Waals surface area contributed by atoms with Crippen LogP contribution in [0.25, 0.3) is 0 Å². The quantitative estimate of drug-likeness (QED) is 0.879. The molecule has 0 radical (unpaired) electrons. The van der Waals surface area contributed by atoms with E-state index < -0.39 is 5.97 Å². The zero-order chi connectivity index (χ0) is 16.6. The van der Waals surface area contributed by atoms with Crippen molar-refractivity contribution in [2.24, 2.45) is 5.92 Å². The number of aromatic carboxylic acids is 1. The molecule has 1 aliphatic carbocycles. The van der Waals surface area contributed by atoms with E-state index in [2.05, 4.69) is 5.32 Å². The molecule has 2 aromatic rings. The number of halogens is 1. The van der Waals surface area contributed by atoms with Crippen LogP contribution in [0.2, 0.25) is 5.02 Å². The highest BCUT2D eigenvalue weighted by atomic mass is 35.5. The van der Waals surface area contributed by atoms with Crippen LogP contribution in [0.1, 0.15) is 39.8 Å². The average Bonchev–Trinajstić information content (AvgIpc) is 3.21. The van der Waals surface area contributed by atoms with E-state index in [9.17, 15) is 9.59 Å². The number of furan rings is 1. The first-order chi connectivity index (χ1) is 11.0. The summed E-state index contributed by atoms with van der Waals surface area (Å²) in [5, 5.41) is 12.4. The van der Waals surface area contributed by atoms with Gasteiger partial charge in [0.1, 0.15) is 17.1 Å². The fraction of sp³-hybridized carbons (Fsp3) is 0.294. The van der Waals surface area contributed by atoms with E-state index in [0.29, 0.717) is 16.5 Å². The van der Waals surface area contributed by atoms with Gasteiger partial charge in [0.15, 0.2) is 0 Å². The van der Waals surface area contributed by atoms with Crippen molar-refractivity contribution >= 4 is 23.5 Å². The summed E-state index contributed by atoms with van der Waals surface area (Å²) in [7, 11) is 0. The Morgan fingerprint density at radius 3 is 2.83 bits per heavy atom. The minimum atomic E-state index is -1.04. The molecule has 120 valence electrons. The topological polar surface area (TPSA) is 79.5 Å². The molecule has 1 aromatic carbocycles. The van der Waals surface area contributed by atoms with E-state index in [4.69, 9.17) is 21.1 Å². The van der Waals surface area contributed by atoms with Crippen LogP contribution in [0.15, 0.2) is 34.7 Å². The van der Waals surface area contributed by atoms with Crippen molar-refractivity contribution in [3.8, 4) is 0 Å². The standard InChI is InChI=1S/C17H16ClNO4/c1-9-13(17(21)22)6-12(23-9)8-19-16(20)15-7-14(15)10-3-2-4-11(18)5-10/h2-6,14-15H,7-8H2,1H3,(H,19,20)(H,21,22)/t14-,15+/m1/s1. The molecule has 1 fully saturated rings. The summed E-state index contributed by atoms with van der Waals surface area (Å²) in [6.07, 6.45) is 0.795. The number of rotatable bonds is 5. The molecule has 0 spiro atoms. The van der Waals surface area contributed by atoms with Crippen LogP contribution >= 0.6 is 11.6 Å². The minimum Gasteiger partial charge on any atom is -0.478 e. The highest BCUT2D eigenvalue weighted by Gasteiger charge is 2.43. The van der Waals surface area contributed by atoms with Gasteiger partial charge in [0, 0.05) is 10.9 Å². The Balaban J connectivity index is 1.57. The van der Waals surface area contributed by atoms with Gasteiger partial charge in [-0.15, -0.1) is 0 Å². The Bertz CT molecular complexity index is 768. The van der Waals surface area contributed by atoms with E-state index in [1.54, 1.807) is 6.92 Å². The summed E-state index contributed by atoms with van der Waals surface area (Å²) in [6, 6.07) is 8.98. The van der Waals surface area contributed by atoms with Gasteiger partial charge < -0.3 is 14.8 Å². The molecule has 0 saturated heterocycles. The Kier molecular flexibility index (Phi) is 4.13. The van der Waals surface area contributed by atoms with Gasteiger partial charge in [-0.1, -0.05) is 23.7 Å². The fourth-order valence-electron chi connectivity index (χ4n) is 2.74. The normalized spacial score (nSPS) is 19.4. The Morgan fingerprint density at radius 2 is 2.17 bits per heavy atom. The molecule has 0 aliphatic heterocycles. The summed E-state index contributed by atoms with van der Waals surface area (Å²) in [4.78, 5) is 23.1. The second-order valence-electron chi connectivity index (χ2n) is 5.71. The first-order valence-electron chi connectivity index (χ1n) is 7.31. The smallest absolute Gasteiger partial charge is 0.339 e. The second kappa shape index (κ2) is 6.08. The molecular weight excluding hydrogens is 318 g/mol. The van der Waals surface area contributed by atoms with Crippen LogP contribution in [0.3, 0.4) is 0 Å². The SMILES string of the molecule is Cc1oc(CNC(=O)[C@H]2C[C@@H]2c2cccc(Cl)c2)cc1C(=O)O. The molecule has 1 aromatic heterocycles. The summed E-state index contributed by atoms with van der Waals surface area (Å²) in [5.41, 5.74) is 1.19. The number of nitrogens with one attached hydrogen (secondary N) is 1. The molecule has 3 rings (SSSR count). The number of carbonyl (C=O) groups is 2. The van der Waals surface area contributed by atoms with Gasteiger partial charge in [0.2, 0.25) is 5.91 Å². The van der Waals surface area contributed by atoms with E-state index >= 15 is 0 Å². The highest BCUT2D eigenvalue weighted by molar-refractivity contribution is 6.30. The van der Waals surface area contributed by atoms with Gasteiger partial charge in [-0.05, 0) is 43.0 Å². The van der Waals surface area contributed by atoms with Crippen LogP contribution < -0.4 is 5.32 Å². The number of hydrogen-bond donors (Lipinski definition) is 2. The van der Waals surface area contributed by atoms with Crippen molar-refractivity contribution < 1.29 is 19.1 Å². The van der Waals surface area contributed by atoms with Crippen molar-refractivity contribution in [3.05, 3.63) is 58.0 Å². The highest BCUT2D eigenvalue weighted by Crippen LogP contribution is 2.47. The Morgan fingerprint density at radius 1 is 1.39 bits per heavy atom. The second-order valence-corrected chi connectivity index (χ2v) is 6.15. The third-order valence-electron chi connectivity index (χ3n) is 4.04. The molecule has 0 unspecified atom stereocenters. The molecule has 1 heterocycles. The molecule has 1 amide bonds. The number of carboxylic acid groups (broad SMARTS) is 1. The monoisotopic (exact) mass is 333 g/mol. The van der Waals surface area contributed by atoms with Crippen molar-refractivity contribution in [1.82, 2.24) is 5.32 Å². The molecule has 1 saturated carbocycles. The third-order valence-corrected chi connectivity index (χ3v) is 4.28. The molecule has 2 N–H and O–H groups in total. The van der Waals surface area contributed by atoms with Gasteiger partial charge in [-0.25, -0.2) is 4.79 Å². The maximum absolute atomic E-state index is 12.2. The van der Waals surface area contributed by atoms with Gasteiger partial charge in [0.25, 0.3) is 0 Å². The minimum absolute atomic E-state index is 0.0547. The van der Waals surface area contributed by atoms with E-state index in [0.717, 1.165) is 12.0 Å². The van der Waals surface area contributed by atoms with Gasteiger partial charge >= 0.3 is 5.97 Å². The van der Waals surface area contributed by atoms with Crippen LogP contribution in [-0.2, 0) is 11.3 Å². The van der Waals surface area contributed by atoms with Gasteiger partial charge in [-0.3, -0.25) is 4.79 Å². The molecule has 6 heteroatoms. The van der Waals surface area contributed by atoms with E-state index in [-0.39, 0.29) is 29.9 Å². The maximum atomic E-state index is 12.2. The summed E-state index contributed by atoms with van der Waals surface area (Å²) >= 11 is 5.97. The Hall–Kier alpha value is -2.27. The largest absolute Gasteiger partial charge is 0.478 e. The van der Waals surface area contributed by atoms with E-state index in [1.807, 2.05) is 24.3 Å².